The summed E-state index contributed by atoms with van der Waals surface area (Å²) in [5.41, 5.74) is 0. The molecular weight excluding hydrogens is 224 g/mol. The lowest BCUT2D eigenvalue weighted by Crippen LogP contribution is -2.56. The van der Waals surface area contributed by atoms with Crippen LogP contribution in [0, 0.1) is 11.3 Å². The van der Waals surface area contributed by atoms with Gasteiger partial charge in [-0.25, -0.2) is 5.01 Å². The molecule has 1 unspecified atom stereocenters. The molecule has 0 aromatic heterocycles. The molecule has 0 aromatic rings. The molecule has 1 aliphatic heterocycles. The summed E-state index contributed by atoms with van der Waals surface area (Å²) >= 11 is 1.17. The number of rotatable bonds is 2. The van der Waals surface area contributed by atoms with Crippen molar-refractivity contribution in [2.45, 2.75) is 44.2 Å². The minimum absolute atomic E-state index is 0.0976. The smallest absolute Gasteiger partial charge is 0.260 e. The normalized spacial score (nSPS) is 27.4. The maximum Gasteiger partial charge on any atom is 0.298 e. The number of thioether (sulfide) groups is 1. The molecule has 1 aliphatic carbocycles. The number of nitrogens with zero attached hydrogens (tertiary/aromatic N) is 3. The van der Waals surface area contributed by atoms with Crippen LogP contribution in [0.15, 0.2) is 0 Å². The predicted molar refractivity (Wildman–Crippen MR) is 62.0 cm³/mol. The van der Waals surface area contributed by atoms with E-state index in [1.165, 1.54) is 28.3 Å². The van der Waals surface area contributed by atoms with Crippen LogP contribution in [0.25, 0.3) is 0 Å². The van der Waals surface area contributed by atoms with Gasteiger partial charge in [-0.1, -0.05) is 31.0 Å². The van der Waals surface area contributed by atoms with Gasteiger partial charge in [0.2, 0.25) is 0 Å². The summed E-state index contributed by atoms with van der Waals surface area (Å²) in [7, 11) is 0. The van der Waals surface area contributed by atoms with Gasteiger partial charge in [-0.15, -0.1) is 0 Å². The van der Waals surface area contributed by atoms with Crippen molar-refractivity contribution in [1.29, 1.82) is 5.26 Å². The van der Waals surface area contributed by atoms with E-state index < -0.39 is 6.04 Å². The molecule has 16 heavy (non-hydrogen) atoms. The molecule has 0 spiro atoms. The van der Waals surface area contributed by atoms with E-state index in [1.54, 1.807) is 0 Å². The fraction of sp³-hybridized carbons (Fsp3) is 0.800. The molecule has 88 valence electrons. The van der Waals surface area contributed by atoms with Gasteiger partial charge in [-0.2, -0.15) is 10.4 Å². The highest BCUT2D eigenvalue weighted by atomic mass is 32.2. The van der Waals surface area contributed by atoms with Crippen molar-refractivity contribution in [3.63, 3.8) is 0 Å². The first-order valence-electron chi connectivity index (χ1n) is 5.63. The second-order valence-electron chi connectivity index (χ2n) is 4.24. The molecule has 6 heteroatoms. The van der Waals surface area contributed by atoms with Crippen molar-refractivity contribution < 1.29 is 4.79 Å². The highest BCUT2D eigenvalue weighted by Gasteiger charge is 2.38. The van der Waals surface area contributed by atoms with Crippen molar-refractivity contribution in [3.05, 3.63) is 0 Å². The SMILES string of the molecule is N#CC1CSC(=O)N1N(N)C1CCCCC1. The molecule has 1 heterocycles. The van der Waals surface area contributed by atoms with Crippen molar-refractivity contribution in [2.24, 2.45) is 5.84 Å². The van der Waals surface area contributed by atoms with Crippen molar-refractivity contribution in [2.75, 3.05) is 5.75 Å². The van der Waals surface area contributed by atoms with Crippen LogP contribution in [0.5, 0.6) is 0 Å². The number of carbonyl (C=O) groups is 1. The molecule has 0 bridgehead atoms. The molecule has 0 radical (unpaired) electrons. The number of nitriles is 1. The summed E-state index contributed by atoms with van der Waals surface area (Å²) in [6, 6.07) is 1.94. The zero-order valence-corrected chi connectivity index (χ0v) is 9.95. The Morgan fingerprint density at radius 3 is 2.75 bits per heavy atom. The van der Waals surface area contributed by atoms with Gasteiger partial charge < -0.3 is 0 Å². The Bertz CT molecular complexity index is 310. The van der Waals surface area contributed by atoms with E-state index in [4.69, 9.17) is 11.1 Å². The maximum atomic E-state index is 11.6. The van der Waals surface area contributed by atoms with Gasteiger partial charge in [0, 0.05) is 11.8 Å². The molecular formula is C10H16N4OS. The summed E-state index contributed by atoms with van der Waals surface area (Å²) in [6.07, 6.45) is 5.59. The highest BCUT2D eigenvalue weighted by Crippen LogP contribution is 2.28. The second-order valence-corrected chi connectivity index (χ2v) is 5.21. The molecule has 2 fully saturated rings. The Labute approximate surface area is 99.5 Å². The monoisotopic (exact) mass is 240 g/mol. The third-order valence-corrected chi connectivity index (χ3v) is 4.11. The number of hydrazine groups is 2. The van der Waals surface area contributed by atoms with E-state index in [0.717, 1.165) is 25.7 Å². The fourth-order valence-electron chi connectivity index (χ4n) is 2.28. The van der Waals surface area contributed by atoms with E-state index in [-0.39, 0.29) is 11.3 Å². The van der Waals surface area contributed by atoms with Crippen molar-refractivity contribution >= 4 is 17.0 Å². The Kier molecular flexibility index (Phi) is 3.69. The third kappa shape index (κ3) is 2.17. The largest absolute Gasteiger partial charge is 0.298 e. The van der Waals surface area contributed by atoms with E-state index in [1.807, 2.05) is 0 Å². The zero-order chi connectivity index (χ0) is 11.5. The molecule has 1 saturated heterocycles. The van der Waals surface area contributed by atoms with E-state index in [0.29, 0.717) is 5.75 Å². The Morgan fingerprint density at radius 2 is 2.12 bits per heavy atom. The number of hydrogen-bond donors (Lipinski definition) is 1. The van der Waals surface area contributed by atoms with E-state index >= 15 is 0 Å². The lowest BCUT2D eigenvalue weighted by molar-refractivity contribution is -0.0356. The topological polar surface area (TPSA) is 73.4 Å². The minimum Gasteiger partial charge on any atom is -0.260 e. The van der Waals surface area contributed by atoms with Gasteiger partial charge in [0.05, 0.1) is 6.07 Å². The van der Waals surface area contributed by atoms with Crippen molar-refractivity contribution in [1.82, 2.24) is 10.1 Å². The van der Waals surface area contributed by atoms with Crippen LogP contribution in [-0.4, -0.2) is 33.2 Å². The first kappa shape index (κ1) is 11.7. The van der Waals surface area contributed by atoms with Crippen LogP contribution >= 0.6 is 11.8 Å². The number of hydrogen-bond acceptors (Lipinski definition) is 5. The molecule has 0 aromatic carbocycles. The van der Waals surface area contributed by atoms with Crippen LogP contribution in [-0.2, 0) is 0 Å². The van der Waals surface area contributed by atoms with Crippen LogP contribution in [0.1, 0.15) is 32.1 Å². The summed E-state index contributed by atoms with van der Waals surface area (Å²) in [4.78, 5) is 11.6. The first-order chi connectivity index (χ1) is 7.74. The highest BCUT2D eigenvalue weighted by molar-refractivity contribution is 8.13. The molecule has 2 rings (SSSR count). The molecule has 1 amide bonds. The number of nitrogens with two attached hydrogens (primary N) is 1. The minimum atomic E-state index is -0.399. The zero-order valence-electron chi connectivity index (χ0n) is 9.13. The third-order valence-electron chi connectivity index (χ3n) is 3.19. The second kappa shape index (κ2) is 5.04. The number of amides is 1. The van der Waals surface area contributed by atoms with Crippen LogP contribution < -0.4 is 5.84 Å². The van der Waals surface area contributed by atoms with Crippen LogP contribution in [0.2, 0.25) is 0 Å². The standard InChI is InChI=1S/C10H16N4OS/c11-6-9-7-16-10(15)13(9)14(12)8-4-2-1-3-5-8/h8-9H,1-5,7,12H2. The lowest BCUT2D eigenvalue weighted by Gasteiger charge is -2.37. The Hall–Kier alpha value is -0.770. The van der Waals surface area contributed by atoms with Gasteiger partial charge >= 0.3 is 0 Å². The van der Waals surface area contributed by atoms with Gasteiger partial charge in [0.25, 0.3) is 5.24 Å². The summed E-state index contributed by atoms with van der Waals surface area (Å²) < 4.78 is 0. The first-order valence-corrected chi connectivity index (χ1v) is 6.62. The van der Waals surface area contributed by atoms with E-state index in [9.17, 15) is 4.79 Å². The van der Waals surface area contributed by atoms with Gasteiger partial charge in [-0.05, 0) is 12.8 Å². The fourth-order valence-corrected chi connectivity index (χ4v) is 3.15. The summed E-state index contributed by atoms with van der Waals surface area (Å²) in [5, 5.41) is 11.8. The van der Waals surface area contributed by atoms with Gasteiger partial charge in [-0.3, -0.25) is 10.6 Å². The van der Waals surface area contributed by atoms with Crippen molar-refractivity contribution in [3.8, 4) is 6.07 Å². The molecule has 5 nitrogen and oxygen atoms in total. The quantitative estimate of drug-likeness (QED) is 0.584. The van der Waals surface area contributed by atoms with E-state index in [2.05, 4.69) is 6.07 Å². The summed E-state index contributed by atoms with van der Waals surface area (Å²) in [6.45, 7) is 0. The van der Waals surface area contributed by atoms with Crippen LogP contribution in [0.3, 0.4) is 0 Å². The maximum absolute atomic E-state index is 11.6. The molecule has 1 atom stereocenters. The predicted octanol–water partition coefficient (Wildman–Crippen LogP) is 1.47. The Morgan fingerprint density at radius 1 is 1.44 bits per heavy atom. The average molecular weight is 240 g/mol. The van der Waals surface area contributed by atoms with Gasteiger partial charge in [0.1, 0.15) is 6.04 Å². The molecule has 2 N–H and O–H groups in total. The lowest BCUT2D eigenvalue weighted by atomic mass is 9.96. The summed E-state index contributed by atoms with van der Waals surface area (Å²) in [5.74, 6) is 6.51. The average Bonchev–Trinajstić information content (AvgIpc) is 2.70. The Balaban J connectivity index is 2.04. The molecule has 1 saturated carbocycles. The number of carbonyl (C=O) groups excluding carboxylic acids is 1. The van der Waals surface area contributed by atoms with Gasteiger partial charge in [0.15, 0.2) is 0 Å². The molecule has 2 aliphatic rings. The van der Waals surface area contributed by atoms with Crippen LogP contribution in [0.4, 0.5) is 4.79 Å².